The van der Waals surface area contributed by atoms with Crippen molar-refractivity contribution >= 4 is 23.8 Å². The fraction of sp³-hybridized carbons (Fsp3) is 0.714. The van der Waals surface area contributed by atoms with Crippen LogP contribution in [0.15, 0.2) is 0 Å². The van der Waals surface area contributed by atoms with E-state index in [1.54, 1.807) is 0 Å². The molecule has 0 aromatic carbocycles. The molecule has 25 heavy (non-hydrogen) atoms. The predicted octanol–water partition coefficient (Wildman–Crippen LogP) is -0.775. The van der Waals surface area contributed by atoms with Crippen LogP contribution in [0.2, 0.25) is 0 Å². The number of carboxylic acids is 2. The molecule has 0 radical (unpaired) electrons. The second-order valence-corrected chi connectivity index (χ2v) is 4.47. The van der Waals surface area contributed by atoms with Gasteiger partial charge < -0.3 is 30.3 Å². The number of carbonyl (C=O) groups is 4. The van der Waals surface area contributed by atoms with E-state index in [0.717, 1.165) is 0 Å². The maximum atomic E-state index is 10.8. The Morgan fingerprint density at radius 3 is 1.28 bits per heavy atom. The molecule has 4 N–H and O–H groups in total. The summed E-state index contributed by atoms with van der Waals surface area (Å²) in [6, 6.07) is 0. The zero-order valence-corrected chi connectivity index (χ0v) is 17.7. The van der Waals surface area contributed by atoms with Gasteiger partial charge in [-0.2, -0.15) is 0 Å². The standard InChI is InChI=1S/2C7H13NO4.Zn/c2*1-12-5-4-8-6(9)2-3-7(10)11;/h2*2-5H2,1H3,(H,8,9)(H,10,11);. The summed E-state index contributed by atoms with van der Waals surface area (Å²) in [7, 11) is 3.06. The molecule has 0 aliphatic carbocycles. The van der Waals surface area contributed by atoms with Crippen molar-refractivity contribution in [1.82, 2.24) is 10.6 Å². The van der Waals surface area contributed by atoms with Crippen molar-refractivity contribution in [3.8, 4) is 0 Å². The summed E-state index contributed by atoms with van der Waals surface area (Å²) in [6.45, 7) is 1.74. The molecular weight excluding hydrogens is 390 g/mol. The van der Waals surface area contributed by atoms with E-state index in [0.29, 0.717) is 26.3 Å². The third-order valence-corrected chi connectivity index (χ3v) is 2.39. The molecule has 0 saturated carbocycles. The SMILES string of the molecule is COCCNC(=O)CCC(=O)O.COCCNC(=O)CCC(=O)O.[Zn]. The van der Waals surface area contributed by atoms with Gasteiger partial charge in [-0.25, -0.2) is 0 Å². The van der Waals surface area contributed by atoms with Gasteiger partial charge in [0.2, 0.25) is 11.8 Å². The maximum Gasteiger partial charge on any atom is 0.303 e. The van der Waals surface area contributed by atoms with E-state index in [1.807, 2.05) is 0 Å². The minimum Gasteiger partial charge on any atom is -0.481 e. The Bertz CT molecular complexity index is 357. The van der Waals surface area contributed by atoms with Crippen LogP contribution < -0.4 is 10.6 Å². The zero-order chi connectivity index (χ0) is 18.8. The van der Waals surface area contributed by atoms with E-state index in [1.165, 1.54) is 14.2 Å². The molecule has 0 aliphatic heterocycles. The first kappa shape index (κ1) is 28.2. The number of nitrogens with one attached hydrogen (secondary N) is 2. The summed E-state index contributed by atoms with van der Waals surface area (Å²) in [6.07, 6.45) is -0.199. The smallest absolute Gasteiger partial charge is 0.303 e. The molecule has 142 valence electrons. The van der Waals surface area contributed by atoms with Crippen molar-refractivity contribution in [1.29, 1.82) is 0 Å². The average Bonchev–Trinajstić information content (AvgIpc) is 2.52. The predicted molar refractivity (Wildman–Crippen MR) is 83.5 cm³/mol. The molecule has 0 rings (SSSR count). The van der Waals surface area contributed by atoms with E-state index in [2.05, 4.69) is 20.1 Å². The van der Waals surface area contributed by atoms with Crippen molar-refractivity contribution in [3.63, 3.8) is 0 Å². The van der Waals surface area contributed by atoms with Crippen molar-refractivity contribution in [2.45, 2.75) is 25.7 Å². The Morgan fingerprint density at radius 2 is 1.04 bits per heavy atom. The topological polar surface area (TPSA) is 151 Å². The molecule has 0 heterocycles. The number of aliphatic carboxylic acids is 2. The van der Waals surface area contributed by atoms with Crippen LogP contribution in [0.5, 0.6) is 0 Å². The van der Waals surface area contributed by atoms with Crippen LogP contribution in [-0.4, -0.2) is 74.5 Å². The van der Waals surface area contributed by atoms with Gasteiger partial charge in [-0.3, -0.25) is 19.2 Å². The van der Waals surface area contributed by atoms with Crippen LogP contribution in [0.25, 0.3) is 0 Å². The van der Waals surface area contributed by atoms with E-state index >= 15 is 0 Å². The summed E-state index contributed by atoms with van der Waals surface area (Å²) in [4.78, 5) is 41.6. The number of hydrogen-bond acceptors (Lipinski definition) is 6. The first-order valence-corrected chi connectivity index (χ1v) is 7.28. The van der Waals surface area contributed by atoms with Crippen LogP contribution in [0.4, 0.5) is 0 Å². The minimum atomic E-state index is -0.961. The van der Waals surface area contributed by atoms with Crippen LogP contribution >= 0.6 is 0 Å². The molecule has 11 heteroatoms. The number of hydrogen-bond donors (Lipinski definition) is 4. The first-order chi connectivity index (χ1) is 11.3. The molecule has 0 saturated heterocycles. The van der Waals surface area contributed by atoms with Crippen molar-refractivity contribution < 1.29 is 58.3 Å². The summed E-state index contributed by atoms with van der Waals surface area (Å²) in [5.74, 6) is -2.43. The van der Waals surface area contributed by atoms with Crippen LogP contribution in [0.1, 0.15) is 25.7 Å². The van der Waals surface area contributed by atoms with E-state index in [9.17, 15) is 19.2 Å². The summed E-state index contributed by atoms with van der Waals surface area (Å²) in [5.41, 5.74) is 0. The number of carbonyl (C=O) groups excluding carboxylic acids is 2. The Morgan fingerprint density at radius 1 is 0.720 bits per heavy atom. The Labute approximate surface area is 159 Å². The number of rotatable bonds is 12. The van der Waals surface area contributed by atoms with Gasteiger partial charge in [0.25, 0.3) is 0 Å². The number of ether oxygens (including phenoxy) is 2. The fourth-order valence-electron chi connectivity index (χ4n) is 1.20. The van der Waals surface area contributed by atoms with Gasteiger partial charge >= 0.3 is 11.9 Å². The molecule has 0 unspecified atom stereocenters. The Kier molecular flexibility index (Phi) is 23.1. The van der Waals surface area contributed by atoms with E-state index in [-0.39, 0.29) is 57.0 Å². The summed E-state index contributed by atoms with van der Waals surface area (Å²) < 4.78 is 9.37. The number of carboxylic acid groups (broad SMARTS) is 2. The first-order valence-electron chi connectivity index (χ1n) is 7.28. The van der Waals surface area contributed by atoms with Crippen LogP contribution in [-0.2, 0) is 48.1 Å². The van der Waals surface area contributed by atoms with Gasteiger partial charge in [0, 0.05) is 59.6 Å². The third-order valence-electron chi connectivity index (χ3n) is 2.39. The maximum absolute atomic E-state index is 10.8. The second-order valence-electron chi connectivity index (χ2n) is 4.47. The van der Waals surface area contributed by atoms with Gasteiger partial charge in [0.15, 0.2) is 0 Å². The molecule has 0 fully saturated rings. The van der Waals surface area contributed by atoms with Crippen molar-refractivity contribution in [2.75, 3.05) is 40.5 Å². The molecule has 0 aliphatic rings. The van der Waals surface area contributed by atoms with E-state index < -0.39 is 11.9 Å². The summed E-state index contributed by atoms with van der Waals surface area (Å²) >= 11 is 0. The molecule has 0 aromatic rings. The monoisotopic (exact) mass is 414 g/mol. The third kappa shape index (κ3) is 27.6. The summed E-state index contributed by atoms with van der Waals surface area (Å²) in [5, 5.41) is 21.5. The molecule has 0 bridgehead atoms. The van der Waals surface area contributed by atoms with Crippen molar-refractivity contribution in [2.24, 2.45) is 0 Å². The van der Waals surface area contributed by atoms with Gasteiger partial charge in [-0.15, -0.1) is 0 Å². The van der Waals surface area contributed by atoms with Crippen LogP contribution in [0, 0.1) is 0 Å². The normalized spacial score (nSPS) is 9.04. The fourth-order valence-corrected chi connectivity index (χ4v) is 1.20. The van der Waals surface area contributed by atoms with E-state index in [4.69, 9.17) is 10.2 Å². The van der Waals surface area contributed by atoms with Gasteiger partial charge in [0.05, 0.1) is 26.1 Å². The van der Waals surface area contributed by atoms with Crippen LogP contribution in [0.3, 0.4) is 0 Å². The van der Waals surface area contributed by atoms with Gasteiger partial charge in [-0.1, -0.05) is 0 Å². The Hall–Kier alpha value is -1.58. The minimum absolute atomic E-state index is 0. The van der Waals surface area contributed by atoms with Gasteiger partial charge in [-0.05, 0) is 0 Å². The molecule has 0 aromatic heterocycles. The molecular formula is C14H26N2O8Zn. The number of methoxy groups -OCH3 is 2. The number of amides is 2. The second kappa shape index (κ2) is 20.5. The average molecular weight is 416 g/mol. The molecule has 0 spiro atoms. The Balaban J connectivity index is -0.000000372. The van der Waals surface area contributed by atoms with Crippen molar-refractivity contribution in [3.05, 3.63) is 0 Å². The van der Waals surface area contributed by atoms with Gasteiger partial charge in [0.1, 0.15) is 0 Å². The molecule has 10 nitrogen and oxygen atoms in total. The zero-order valence-electron chi connectivity index (χ0n) is 14.7. The largest absolute Gasteiger partial charge is 0.481 e. The molecule has 2 amide bonds. The molecule has 0 atom stereocenters. The quantitative estimate of drug-likeness (QED) is 0.239.